The van der Waals surface area contributed by atoms with Crippen LogP contribution in [0.2, 0.25) is 0 Å². The Kier molecular flexibility index (Phi) is 10.2. The Bertz CT molecular complexity index is 977. The third-order valence-electron chi connectivity index (χ3n) is 7.03. The number of ether oxygens (including phenoxy) is 3. The van der Waals surface area contributed by atoms with Crippen LogP contribution in [0.4, 0.5) is 0 Å². The number of hydrogen-bond donors (Lipinski definition) is 1. The number of carbonyl (C=O) groups is 4. The Morgan fingerprint density at radius 1 is 0.838 bits per heavy atom. The average molecular weight is 516 g/mol. The fraction of sp³-hybridized carbons (Fsp3) is 0.630. The summed E-state index contributed by atoms with van der Waals surface area (Å²) in [6, 6.07) is 4.22. The van der Waals surface area contributed by atoms with Crippen LogP contribution in [0.15, 0.2) is 18.2 Å². The van der Waals surface area contributed by atoms with Crippen molar-refractivity contribution in [2.24, 2.45) is 0 Å². The minimum absolute atomic E-state index is 0.101. The van der Waals surface area contributed by atoms with E-state index in [0.29, 0.717) is 57.0 Å². The van der Waals surface area contributed by atoms with Crippen molar-refractivity contribution < 1.29 is 33.4 Å². The first-order valence-corrected chi connectivity index (χ1v) is 13.4. The Hall–Kier alpha value is -2.66. The van der Waals surface area contributed by atoms with Gasteiger partial charge in [0.1, 0.15) is 6.04 Å². The first-order chi connectivity index (χ1) is 18.1. The number of imide groups is 2. The normalized spacial score (nSPS) is 20.4. The topological polar surface area (TPSA) is 114 Å². The lowest BCUT2D eigenvalue weighted by Crippen LogP contribution is -2.54. The molecule has 10 nitrogen and oxygen atoms in total. The SMILES string of the molecule is O=C1CCC(N2C(=O)c3cccc(CCCOCCOCCOCCN4CCCCC4)c3C2=O)C(=O)N1. The molecule has 0 radical (unpaired) electrons. The highest BCUT2D eigenvalue weighted by molar-refractivity contribution is 6.24. The van der Waals surface area contributed by atoms with Crippen LogP contribution < -0.4 is 5.32 Å². The van der Waals surface area contributed by atoms with E-state index in [-0.39, 0.29) is 18.7 Å². The zero-order chi connectivity index (χ0) is 26.0. The van der Waals surface area contributed by atoms with Crippen molar-refractivity contribution in [2.45, 2.75) is 51.0 Å². The van der Waals surface area contributed by atoms with E-state index in [1.54, 1.807) is 12.1 Å². The van der Waals surface area contributed by atoms with Crippen molar-refractivity contribution in [3.05, 3.63) is 34.9 Å². The van der Waals surface area contributed by atoms with Gasteiger partial charge in [-0.05, 0) is 56.8 Å². The van der Waals surface area contributed by atoms with E-state index >= 15 is 0 Å². The van der Waals surface area contributed by atoms with Crippen LogP contribution in [0.1, 0.15) is 64.8 Å². The standard InChI is InChI=1S/C27H37N3O7/c31-23-10-9-22(25(32)28-23)30-26(33)21-8-4-6-20(24(21)27(30)34)7-5-14-35-16-18-37-19-17-36-15-13-29-11-2-1-3-12-29/h4,6,8,22H,1-3,5,7,9-19H2,(H,28,31,32). The van der Waals surface area contributed by atoms with Crippen molar-refractivity contribution in [2.75, 3.05) is 59.3 Å². The number of nitrogens with one attached hydrogen (secondary N) is 1. The van der Waals surface area contributed by atoms with Crippen LogP contribution in [-0.4, -0.2) is 98.7 Å². The van der Waals surface area contributed by atoms with E-state index in [4.69, 9.17) is 14.2 Å². The number of benzene rings is 1. The molecule has 3 aliphatic rings. The zero-order valence-corrected chi connectivity index (χ0v) is 21.4. The predicted molar refractivity (Wildman–Crippen MR) is 134 cm³/mol. The molecular weight excluding hydrogens is 478 g/mol. The second kappa shape index (κ2) is 13.8. The van der Waals surface area contributed by atoms with Gasteiger partial charge in [0.25, 0.3) is 11.8 Å². The summed E-state index contributed by atoms with van der Waals surface area (Å²) < 4.78 is 16.8. The third kappa shape index (κ3) is 7.22. The summed E-state index contributed by atoms with van der Waals surface area (Å²) >= 11 is 0. The molecule has 1 N–H and O–H groups in total. The highest BCUT2D eigenvalue weighted by atomic mass is 16.5. The first kappa shape index (κ1) is 27.4. The van der Waals surface area contributed by atoms with Crippen molar-refractivity contribution in [3.8, 4) is 0 Å². The van der Waals surface area contributed by atoms with E-state index in [0.717, 1.165) is 23.6 Å². The number of likely N-dealkylation sites (tertiary alicyclic amines) is 1. The predicted octanol–water partition coefficient (Wildman–Crippen LogP) is 1.56. The maximum atomic E-state index is 13.1. The Morgan fingerprint density at radius 2 is 1.54 bits per heavy atom. The number of amides is 4. The summed E-state index contributed by atoms with van der Waals surface area (Å²) in [4.78, 5) is 53.2. The first-order valence-electron chi connectivity index (χ1n) is 13.4. The van der Waals surface area contributed by atoms with Gasteiger partial charge in [-0.15, -0.1) is 0 Å². The van der Waals surface area contributed by atoms with Gasteiger partial charge >= 0.3 is 0 Å². The molecule has 202 valence electrons. The smallest absolute Gasteiger partial charge is 0.262 e. The van der Waals surface area contributed by atoms with E-state index in [9.17, 15) is 19.2 Å². The monoisotopic (exact) mass is 515 g/mol. The molecule has 0 bridgehead atoms. The highest BCUT2D eigenvalue weighted by Crippen LogP contribution is 2.30. The van der Waals surface area contributed by atoms with Gasteiger partial charge in [0.15, 0.2) is 0 Å². The summed E-state index contributed by atoms with van der Waals surface area (Å²) in [5, 5.41) is 2.22. The molecular formula is C27H37N3O7. The van der Waals surface area contributed by atoms with Crippen molar-refractivity contribution in [1.29, 1.82) is 0 Å². The fourth-order valence-electron chi connectivity index (χ4n) is 5.08. The van der Waals surface area contributed by atoms with Gasteiger partial charge in [-0.1, -0.05) is 18.6 Å². The molecule has 0 spiro atoms. The van der Waals surface area contributed by atoms with Gasteiger partial charge in [0.2, 0.25) is 11.8 Å². The maximum absolute atomic E-state index is 13.1. The fourth-order valence-corrected chi connectivity index (χ4v) is 5.08. The summed E-state index contributed by atoms with van der Waals surface area (Å²) in [6.07, 6.45) is 5.41. The van der Waals surface area contributed by atoms with E-state index < -0.39 is 23.8 Å². The summed E-state index contributed by atoms with van der Waals surface area (Å²) in [5.74, 6) is -1.95. The summed E-state index contributed by atoms with van der Waals surface area (Å²) in [5.41, 5.74) is 1.41. The minimum Gasteiger partial charge on any atom is -0.379 e. The molecule has 1 atom stereocenters. The average Bonchev–Trinajstić information content (AvgIpc) is 3.15. The molecule has 0 saturated carbocycles. The molecule has 4 rings (SSSR count). The maximum Gasteiger partial charge on any atom is 0.262 e. The minimum atomic E-state index is -0.957. The third-order valence-corrected chi connectivity index (χ3v) is 7.03. The van der Waals surface area contributed by atoms with E-state index in [1.165, 1.54) is 32.4 Å². The number of fused-ring (bicyclic) bond motifs is 1. The lowest BCUT2D eigenvalue weighted by molar-refractivity contribution is -0.136. The Labute approximate surface area is 217 Å². The number of nitrogens with zero attached hydrogens (tertiary/aromatic N) is 2. The van der Waals surface area contributed by atoms with Crippen LogP contribution in [-0.2, 0) is 30.2 Å². The van der Waals surface area contributed by atoms with Gasteiger partial charge in [-0.3, -0.25) is 29.4 Å². The van der Waals surface area contributed by atoms with E-state index in [1.807, 2.05) is 6.07 Å². The van der Waals surface area contributed by atoms with Crippen LogP contribution >= 0.6 is 0 Å². The molecule has 2 fully saturated rings. The molecule has 0 aromatic heterocycles. The van der Waals surface area contributed by atoms with Crippen LogP contribution in [0.5, 0.6) is 0 Å². The zero-order valence-electron chi connectivity index (χ0n) is 21.4. The molecule has 4 amide bonds. The van der Waals surface area contributed by atoms with E-state index in [2.05, 4.69) is 10.2 Å². The van der Waals surface area contributed by atoms with Crippen molar-refractivity contribution >= 4 is 23.6 Å². The van der Waals surface area contributed by atoms with Crippen molar-refractivity contribution in [1.82, 2.24) is 15.1 Å². The van der Waals surface area contributed by atoms with Gasteiger partial charge in [0, 0.05) is 19.6 Å². The largest absolute Gasteiger partial charge is 0.379 e. The van der Waals surface area contributed by atoms with Gasteiger partial charge in [-0.25, -0.2) is 0 Å². The second-order valence-electron chi connectivity index (χ2n) is 9.63. The van der Waals surface area contributed by atoms with Crippen molar-refractivity contribution in [3.63, 3.8) is 0 Å². The summed E-state index contributed by atoms with van der Waals surface area (Å²) in [7, 11) is 0. The quantitative estimate of drug-likeness (QED) is 0.293. The molecule has 1 unspecified atom stereocenters. The number of rotatable bonds is 14. The van der Waals surface area contributed by atoms with Gasteiger partial charge in [-0.2, -0.15) is 0 Å². The second-order valence-corrected chi connectivity index (χ2v) is 9.63. The van der Waals surface area contributed by atoms with Gasteiger partial charge in [0.05, 0.1) is 44.2 Å². The molecule has 0 aliphatic carbocycles. The molecule has 3 aliphatic heterocycles. The molecule has 10 heteroatoms. The lowest BCUT2D eigenvalue weighted by atomic mass is 9.99. The molecule has 1 aromatic rings. The van der Waals surface area contributed by atoms with Crippen LogP contribution in [0, 0.1) is 0 Å². The number of hydrogen-bond acceptors (Lipinski definition) is 8. The molecule has 37 heavy (non-hydrogen) atoms. The van der Waals surface area contributed by atoms with Crippen LogP contribution in [0.25, 0.3) is 0 Å². The number of aryl methyl sites for hydroxylation is 1. The Balaban J connectivity index is 1.11. The molecule has 2 saturated heterocycles. The lowest BCUT2D eigenvalue weighted by Gasteiger charge is -2.27. The number of carbonyl (C=O) groups excluding carboxylic acids is 4. The molecule has 1 aromatic carbocycles. The van der Waals surface area contributed by atoms with Crippen LogP contribution in [0.3, 0.4) is 0 Å². The highest BCUT2D eigenvalue weighted by Gasteiger charge is 2.45. The number of piperidine rings is 2. The molecule has 3 heterocycles. The summed E-state index contributed by atoms with van der Waals surface area (Å²) in [6.45, 7) is 6.67. The Morgan fingerprint density at radius 3 is 2.27 bits per heavy atom. The van der Waals surface area contributed by atoms with Gasteiger partial charge < -0.3 is 19.1 Å².